The average molecular weight is 206 g/mol. The highest BCUT2D eigenvalue weighted by atomic mass is 14.1. The molecule has 0 aromatic heterocycles. The van der Waals surface area contributed by atoms with Crippen molar-refractivity contribution in [3.63, 3.8) is 0 Å². The van der Waals surface area contributed by atoms with Gasteiger partial charge in [0.1, 0.15) is 0 Å². The Hall–Kier alpha value is -1.82. The maximum atomic E-state index is 2.32. The monoisotopic (exact) mass is 206 g/mol. The molecule has 0 heteroatoms. The molecule has 4 bridgehead atoms. The summed E-state index contributed by atoms with van der Waals surface area (Å²) in [7, 11) is 0. The fourth-order valence-electron chi connectivity index (χ4n) is 2.30. The van der Waals surface area contributed by atoms with Crippen molar-refractivity contribution < 1.29 is 0 Å². The lowest BCUT2D eigenvalue weighted by Crippen LogP contribution is -1.92. The van der Waals surface area contributed by atoms with Crippen LogP contribution in [0, 0.1) is 0 Å². The molecule has 0 aliphatic heterocycles. The molecule has 0 aromatic rings. The normalized spacial score (nSPS) is 22.0. The van der Waals surface area contributed by atoms with E-state index in [4.69, 9.17) is 0 Å². The molecule has 0 N–H and O–H groups in total. The number of hydrogen-bond donors (Lipinski definition) is 0. The van der Waals surface area contributed by atoms with Gasteiger partial charge in [-0.05, 0) is 35.1 Å². The average Bonchev–Trinajstić information content (AvgIpc) is 2.60. The van der Waals surface area contributed by atoms with Gasteiger partial charge < -0.3 is 0 Å². The molecule has 3 aliphatic carbocycles. The second kappa shape index (κ2) is 3.97. The predicted octanol–water partition coefficient (Wildman–Crippen LogP) is 4.18. The fraction of sp³-hybridized carbons (Fsp3) is 0.125. The number of rotatable bonds is 0. The number of fused-ring (bicyclic) bond motifs is 4. The van der Waals surface area contributed by atoms with Crippen LogP contribution in [0.2, 0.25) is 0 Å². The number of allylic oxidation sites excluding steroid dienone is 14. The van der Waals surface area contributed by atoms with E-state index in [9.17, 15) is 0 Å². The predicted molar refractivity (Wildman–Crippen MR) is 69.0 cm³/mol. The van der Waals surface area contributed by atoms with E-state index in [-0.39, 0.29) is 0 Å². The van der Waals surface area contributed by atoms with Gasteiger partial charge in [-0.2, -0.15) is 0 Å². The summed E-state index contributed by atoms with van der Waals surface area (Å²) in [6.45, 7) is 0. The highest BCUT2D eigenvalue weighted by Crippen LogP contribution is 2.28. The molecule has 3 aliphatic rings. The van der Waals surface area contributed by atoms with Crippen LogP contribution in [0.4, 0.5) is 0 Å². The molecule has 0 fully saturated rings. The molecule has 0 saturated carbocycles. The van der Waals surface area contributed by atoms with Crippen molar-refractivity contribution in [2.45, 2.75) is 12.8 Å². The summed E-state index contributed by atoms with van der Waals surface area (Å²) in [4.78, 5) is 0. The lowest BCUT2D eigenvalue weighted by atomic mass is 9.94. The Morgan fingerprint density at radius 2 is 1.06 bits per heavy atom. The molecule has 0 heterocycles. The van der Waals surface area contributed by atoms with Crippen LogP contribution in [0.3, 0.4) is 0 Å². The Labute approximate surface area is 96.4 Å². The van der Waals surface area contributed by atoms with E-state index < -0.39 is 0 Å². The fourth-order valence-corrected chi connectivity index (χ4v) is 2.30. The molecule has 0 unspecified atom stereocenters. The molecule has 78 valence electrons. The Morgan fingerprint density at radius 3 is 1.62 bits per heavy atom. The van der Waals surface area contributed by atoms with Crippen molar-refractivity contribution in [2.75, 3.05) is 0 Å². The van der Waals surface area contributed by atoms with Gasteiger partial charge in [0.25, 0.3) is 0 Å². The van der Waals surface area contributed by atoms with Crippen molar-refractivity contribution >= 4 is 0 Å². The van der Waals surface area contributed by atoms with Crippen LogP contribution in [0.15, 0.2) is 83.1 Å². The summed E-state index contributed by atoms with van der Waals surface area (Å²) in [6.07, 6.45) is 24.1. The van der Waals surface area contributed by atoms with Crippen LogP contribution < -0.4 is 0 Å². The Bertz CT molecular complexity index is 468. The van der Waals surface area contributed by atoms with E-state index in [0.29, 0.717) is 0 Å². The summed E-state index contributed by atoms with van der Waals surface area (Å²) in [5, 5.41) is 0. The van der Waals surface area contributed by atoms with E-state index in [1.165, 1.54) is 22.3 Å². The minimum Gasteiger partial charge on any atom is -0.0620 e. The van der Waals surface area contributed by atoms with Gasteiger partial charge in [-0.25, -0.2) is 0 Å². The summed E-state index contributed by atoms with van der Waals surface area (Å²) in [5.74, 6) is 0. The second-order valence-corrected chi connectivity index (χ2v) is 4.38. The van der Waals surface area contributed by atoms with E-state index in [2.05, 4.69) is 60.8 Å². The van der Waals surface area contributed by atoms with Crippen LogP contribution in [0.25, 0.3) is 0 Å². The molecule has 0 saturated heterocycles. The van der Waals surface area contributed by atoms with Crippen LogP contribution >= 0.6 is 0 Å². The third kappa shape index (κ3) is 1.92. The molecule has 3 rings (SSSR count). The third-order valence-corrected chi connectivity index (χ3v) is 3.02. The molecule has 0 atom stereocenters. The highest BCUT2D eigenvalue weighted by Gasteiger charge is 2.08. The van der Waals surface area contributed by atoms with Crippen molar-refractivity contribution in [3.8, 4) is 0 Å². The largest absolute Gasteiger partial charge is 0.0620 e. The first-order chi connectivity index (χ1) is 7.90. The van der Waals surface area contributed by atoms with Crippen molar-refractivity contribution in [2.24, 2.45) is 0 Å². The van der Waals surface area contributed by atoms with E-state index in [0.717, 1.165) is 12.8 Å². The quantitative estimate of drug-likeness (QED) is 0.557. The van der Waals surface area contributed by atoms with Gasteiger partial charge in [-0.3, -0.25) is 0 Å². The zero-order valence-electron chi connectivity index (χ0n) is 9.19. The summed E-state index contributed by atoms with van der Waals surface area (Å²) in [5.41, 5.74) is 5.60. The first kappa shape index (κ1) is 9.41. The van der Waals surface area contributed by atoms with Gasteiger partial charge in [-0.15, -0.1) is 0 Å². The van der Waals surface area contributed by atoms with Gasteiger partial charge in [-0.1, -0.05) is 60.8 Å². The van der Waals surface area contributed by atoms with Crippen LogP contribution in [-0.4, -0.2) is 0 Å². The van der Waals surface area contributed by atoms with Gasteiger partial charge in [0.15, 0.2) is 0 Å². The summed E-state index contributed by atoms with van der Waals surface area (Å²) >= 11 is 0. The van der Waals surface area contributed by atoms with Gasteiger partial charge >= 0.3 is 0 Å². The van der Waals surface area contributed by atoms with E-state index in [1.807, 2.05) is 0 Å². The Balaban J connectivity index is 2.15. The zero-order chi connectivity index (χ0) is 10.8. The van der Waals surface area contributed by atoms with Gasteiger partial charge in [0, 0.05) is 0 Å². The van der Waals surface area contributed by atoms with Crippen LogP contribution in [-0.2, 0) is 0 Å². The Kier molecular flexibility index (Phi) is 2.34. The minimum absolute atomic E-state index is 1.04. The third-order valence-electron chi connectivity index (χ3n) is 3.02. The molecule has 0 nitrogen and oxygen atoms in total. The lowest BCUT2D eigenvalue weighted by Gasteiger charge is -2.11. The van der Waals surface area contributed by atoms with Crippen molar-refractivity contribution in [1.29, 1.82) is 0 Å². The van der Waals surface area contributed by atoms with E-state index in [1.54, 1.807) is 0 Å². The standard InChI is InChI=1S/C16H14/c1-2-6-14-9-13(5-1)11-15-7-3-4-8-16(10-15)12-14/h1-8,11-12H,9-10H2. The minimum atomic E-state index is 1.04. The zero-order valence-corrected chi connectivity index (χ0v) is 9.19. The van der Waals surface area contributed by atoms with Crippen molar-refractivity contribution in [3.05, 3.63) is 83.1 Å². The van der Waals surface area contributed by atoms with Gasteiger partial charge in [0.2, 0.25) is 0 Å². The maximum Gasteiger partial charge on any atom is -0.00256 e. The molecule has 0 aromatic carbocycles. The highest BCUT2D eigenvalue weighted by molar-refractivity contribution is 5.49. The molecule has 16 heavy (non-hydrogen) atoms. The smallest absolute Gasteiger partial charge is 0.00256 e. The first-order valence-corrected chi connectivity index (χ1v) is 5.72. The SMILES string of the molecule is C1=CC=C2C=C3C=CC=CC(=CC(=C1)C2)C3. The van der Waals surface area contributed by atoms with Gasteiger partial charge in [0.05, 0.1) is 0 Å². The molecule has 0 spiro atoms. The molecule has 0 amide bonds. The van der Waals surface area contributed by atoms with E-state index >= 15 is 0 Å². The first-order valence-electron chi connectivity index (χ1n) is 5.72. The number of hydrogen-bond acceptors (Lipinski definition) is 0. The van der Waals surface area contributed by atoms with Crippen LogP contribution in [0.5, 0.6) is 0 Å². The van der Waals surface area contributed by atoms with Crippen LogP contribution in [0.1, 0.15) is 12.8 Å². The summed E-state index contributed by atoms with van der Waals surface area (Å²) in [6, 6.07) is 0. The second-order valence-electron chi connectivity index (χ2n) is 4.38. The summed E-state index contributed by atoms with van der Waals surface area (Å²) < 4.78 is 0. The molecular weight excluding hydrogens is 192 g/mol. The Morgan fingerprint density at radius 1 is 0.562 bits per heavy atom. The van der Waals surface area contributed by atoms with Crippen molar-refractivity contribution in [1.82, 2.24) is 0 Å². The topological polar surface area (TPSA) is 0 Å². The molecule has 0 radical (unpaired) electrons. The molecular formula is C16H14. The lowest BCUT2D eigenvalue weighted by molar-refractivity contribution is 1.12. The maximum absolute atomic E-state index is 2.32.